The molecule has 3 unspecified atom stereocenters. The number of nitrogens with zero attached hydrogens (tertiary/aromatic N) is 1. The predicted octanol–water partition coefficient (Wildman–Crippen LogP) is 4.87. The maximum absolute atomic E-state index is 14.6. The van der Waals surface area contributed by atoms with E-state index >= 15 is 0 Å². The number of ether oxygens (including phenoxy) is 4. The van der Waals surface area contributed by atoms with Crippen molar-refractivity contribution in [1.29, 1.82) is 0 Å². The van der Waals surface area contributed by atoms with Gasteiger partial charge in [-0.05, 0) is 120 Å². The maximum atomic E-state index is 14.6. The average molecular weight is 904 g/mol. The Kier molecular flexibility index (Phi) is 21.0. The molecule has 0 spiro atoms. The molecule has 0 bridgehead atoms. The summed E-state index contributed by atoms with van der Waals surface area (Å²) in [6.07, 6.45) is -2.25. The van der Waals surface area contributed by atoms with Gasteiger partial charge in [0.2, 0.25) is 17.7 Å². The number of rotatable bonds is 17. The molecule has 0 saturated carbocycles. The van der Waals surface area contributed by atoms with Crippen LogP contribution in [0.4, 0.5) is 19.2 Å². The Bertz CT molecular complexity index is 1810. The Balaban J connectivity index is 3.59. The van der Waals surface area contributed by atoms with Gasteiger partial charge in [0.15, 0.2) is 0 Å². The van der Waals surface area contributed by atoms with Crippen molar-refractivity contribution >= 4 is 50.2 Å². The molecule has 0 aliphatic carbocycles. The number of benzene rings is 1. The number of carbonyl (C=O) groups excluding carboxylic acids is 7. The van der Waals surface area contributed by atoms with Gasteiger partial charge in [-0.3, -0.25) is 14.4 Å². The lowest BCUT2D eigenvalue weighted by atomic mass is 10.0. The minimum absolute atomic E-state index is 0.0871. The second-order valence-corrected chi connectivity index (χ2v) is 24.8. The summed E-state index contributed by atoms with van der Waals surface area (Å²) in [6, 6.07) is 3.35. The average Bonchev–Trinajstić information content (AvgIpc) is 3.08. The fraction of sp³-hybridized carbons (Fsp3) is 0.659. The normalized spacial score (nSPS) is 13.3. The second-order valence-electron chi connectivity index (χ2n) is 20.0. The van der Waals surface area contributed by atoms with Crippen molar-refractivity contribution in [3.63, 3.8) is 0 Å². The van der Waals surface area contributed by atoms with Crippen LogP contribution in [0.1, 0.15) is 107 Å². The third-order valence-corrected chi connectivity index (χ3v) is 8.65. The zero-order chi connectivity index (χ0) is 48.6. The highest BCUT2D eigenvalue weighted by Crippen LogP contribution is 2.14. The smallest absolute Gasteiger partial charge is 0.408 e. The van der Waals surface area contributed by atoms with Crippen LogP contribution in [0.15, 0.2) is 24.3 Å². The van der Waals surface area contributed by atoms with Gasteiger partial charge >= 0.3 is 24.4 Å². The van der Waals surface area contributed by atoms with E-state index < -0.39 is 110 Å². The molecular weight excluding hydrogens is 831 g/mol. The molecule has 0 aliphatic rings. The molecule has 354 valence electrons. The monoisotopic (exact) mass is 904 g/mol. The number of amides is 7. The van der Waals surface area contributed by atoms with Crippen molar-refractivity contribution in [2.75, 3.05) is 26.2 Å². The quantitative estimate of drug-likeness (QED) is 0.0533. The van der Waals surface area contributed by atoms with Crippen LogP contribution in [-0.4, -0.2) is 122 Å². The summed E-state index contributed by atoms with van der Waals surface area (Å²) in [5.41, 5.74) is 7.53. The molecule has 18 nitrogen and oxygen atoms in total. The van der Waals surface area contributed by atoms with Gasteiger partial charge in [0.05, 0.1) is 13.1 Å². The molecule has 0 radical (unpaired) electrons. The molecule has 0 heterocycles. The van der Waals surface area contributed by atoms with E-state index in [1.165, 1.54) is 0 Å². The van der Waals surface area contributed by atoms with Crippen molar-refractivity contribution in [3.8, 4) is 11.5 Å². The number of hydrogen-bond donors (Lipinski definition) is 6. The first kappa shape index (κ1) is 55.5. The number of nitrogens with two attached hydrogens (primary N) is 1. The molecular formula is C44H73N7O11Si. The molecule has 0 aliphatic heterocycles. The molecule has 19 heteroatoms. The minimum atomic E-state index is -1.61. The topological polar surface area (TPSA) is 246 Å². The van der Waals surface area contributed by atoms with Crippen molar-refractivity contribution < 1.29 is 52.5 Å². The summed E-state index contributed by atoms with van der Waals surface area (Å²) in [6.45, 7) is 24.6. The number of aryl methyl sites for hydroxylation is 1. The fourth-order valence-corrected chi connectivity index (χ4v) is 5.81. The van der Waals surface area contributed by atoms with E-state index in [1.54, 1.807) is 83.1 Å². The lowest BCUT2D eigenvalue weighted by Gasteiger charge is -2.34. The summed E-state index contributed by atoms with van der Waals surface area (Å²) in [7, 11) is -1.61. The number of unbranched alkanes of at least 4 members (excludes halogenated alkanes) is 1. The fourth-order valence-electron chi connectivity index (χ4n) is 5.29. The number of hydrogen-bond acceptors (Lipinski definition) is 11. The van der Waals surface area contributed by atoms with Gasteiger partial charge in [-0.2, -0.15) is 0 Å². The Hall–Kier alpha value is -5.51. The van der Waals surface area contributed by atoms with Crippen molar-refractivity contribution in [3.05, 3.63) is 35.4 Å². The molecule has 7 N–H and O–H groups in total. The van der Waals surface area contributed by atoms with E-state index in [0.29, 0.717) is 19.3 Å². The van der Waals surface area contributed by atoms with Crippen LogP contribution in [0.2, 0.25) is 19.6 Å². The van der Waals surface area contributed by atoms with Crippen LogP contribution in [0, 0.1) is 11.5 Å². The highest BCUT2D eigenvalue weighted by atomic mass is 28.3. The molecule has 1 rings (SSSR count). The lowest BCUT2D eigenvalue weighted by Crippen LogP contribution is -2.62. The molecule has 1 aromatic rings. The summed E-state index contributed by atoms with van der Waals surface area (Å²) in [4.78, 5) is 93.9. The van der Waals surface area contributed by atoms with Gasteiger partial charge in [0, 0.05) is 18.7 Å². The summed E-state index contributed by atoms with van der Waals surface area (Å²) >= 11 is 0. The van der Waals surface area contributed by atoms with Crippen LogP contribution in [0.5, 0.6) is 0 Å². The van der Waals surface area contributed by atoms with Gasteiger partial charge < -0.3 is 56.2 Å². The van der Waals surface area contributed by atoms with E-state index in [1.807, 2.05) is 24.3 Å². The van der Waals surface area contributed by atoms with Gasteiger partial charge in [-0.15, -0.1) is 5.54 Å². The number of primary amides is 1. The van der Waals surface area contributed by atoms with Gasteiger partial charge in [0.25, 0.3) is 0 Å². The first-order chi connectivity index (χ1) is 28.6. The first-order valence-corrected chi connectivity index (χ1v) is 24.6. The molecule has 7 amide bonds. The van der Waals surface area contributed by atoms with Crippen molar-refractivity contribution in [2.45, 2.75) is 163 Å². The molecule has 0 saturated heterocycles. The largest absolute Gasteiger partial charge is 0.444 e. The van der Waals surface area contributed by atoms with Crippen LogP contribution in [0.3, 0.4) is 0 Å². The highest BCUT2D eigenvalue weighted by Gasteiger charge is 2.36. The van der Waals surface area contributed by atoms with Crippen LogP contribution in [0.25, 0.3) is 0 Å². The predicted molar refractivity (Wildman–Crippen MR) is 242 cm³/mol. The van der Waals surface area contributed by atoms with Crippen LogP contribution in [-0.2, 0) is 39.8 Å². The Morgan fingerprint density at radius 3 is 1.57 bits per heavy atom. The Morgan fingerprint density at radius 1 is 0.651 bits per heavy atom. The highest BCUT2D eigenvalue weighted by molar-refractivity contribution is 6.83. The van der Waals surface area contributed by atoms with Crippen molar-refractivity contribution in [1.82, 2.24) is 31.5 Å². The first-order valence-electron chi connectivity index (χ1n) is 21.1. The Morgan fingerprint density at radius 2 is 1.11 bits per heavy atom. The molecule has 0 aromatic heterocycles. The third kappa shape index (κ3) is 25.9. The zero-order valence-corrected chi connectivity index (χ0v) is 41.0. The SMILES string of the molecule is CC(C)(C)OC(=O)NCC(NC(=O)OC(C)(C)C)C(=O)NCC(C(N)=O)N(CCCCc1cccc(C#C[Si](C)(C)C)c1)C(=O)C(CNC(=O)OC(C)(C)C)NC(=O)OC(C)(C)C. The number of alkyl carbamates (subject to hydrolysis) is 4. The van der Waals surface area contributed by atoms with E-state index in [-0.39, 0.29) is 6.54 Å². The van der Waals surface area contributed by atoms with E-state index in [9.17, 15) is 33.6 Å². The van der Waals surface area contributed by atoms with Gasteiger partial charge in [0.1, 0.15) is 48.6 Å². The lowest BCUT2D eigenvalue weighted by molar-refractivity contribution is -0.141. The number of carbonyl (C=O) groups is 7. The van der Waals surface area contributed by atoms with Crippen LogP contribution < -0.4 is 32.3 Å². The van der Waals surface area contributed by atoms with Gasteiger partial charge in [-0.1, -0.05) is 37.7 Å². The van der Waals surface area contributed by atoms with E-state index in [0.717, 1.165) is 16.0 Å². The summed E-state index contributed by atoms with van der Waals surface area (Å²) < 4.78 is 21.4. The maximum Gasteiger partial charge on any atom is 0.408 e. The van der Waals surface area contributed by atoms with Gasteiger partial charge in [-0.25, -0.2) is 19.2 Å². The van der Waals surface area contributed by atoms with Crippen molar-refractivity contribution in [2.24, 2.45) is 5.73 Å². The number of nitrogens with one attached hydrogen (secondary N) is 5. The molecule has 63 heavy (non-hydrogen) atoms. The zero-order valence-electron chi connectivity index (χ0n) is 40.0. The second kappa shape index (κ2) is 23.8. The molecule has 0 fully saturated rings. The summed E-state index contributed by atoms with van der Waals surface area (Å²) in [5, 5.41) is 12.4. The third-order valence-electron chi connectivity index (χ3n) is 7.78. The minimum Gasteiger partial charge on any atom is -0.444 e. The van der Waals surface area contributed by atoms with Crippen LogP contribution >= 0.6 is 0 Å². The summed E-state index contributed by atoms with van der Waals surface area (Å²) in [5.74, 6) is 0.527. The molecule has 1 aromatic carbocycles. The standard InChI is InChI=1S/C44H73N7O11Si/c1-41(2,3)59-37(55)47-26-31(49-39(57)61-43(7,8)9)35(53)46-28-33(34(45)52)51(23-17-16-19-29-20-18-21-30(25-29)22-24-63(13,14)15)36(54)32(50-40(58)62-44(10,11)12)27-48-38(56)60-42(4,5)6/h18,20-21,25,31-33H,16-17,19,23,26-28H2,1-15H3,(H2,45,52)(H,46,53)(H,47,55)(H,48,56)(H,49,57)(H,50,58). The van der Waals surface area contributed by atoms with E-state index in [2.05, 4.69) is 57.7 Å². The Labute approximate surface area is 374 Å². The van der Waals surface area contributed by atoms with E-state index in [4.69, 9.17) is 24.7 Å². The molecule has 3 atom stereocenters.